The first-order valence-corrected chi connectivity index (χ1v) is 8.14. The molecule has 1 rings (SSSR count). The molecule has 2 N–H and O–H groups in total. The third kappa shape index (κ3) is 6.82. The van der Waals surface area contributed by atoms with Crippen molar-refractivity contribution in [3.05, 3.63) is 0 Å². The lowest BCUT2D eigenvalue weighted by atomic mass is 9.89. The number of aliphatic carboxylic acids is 1. The number of carbonyl (C=O) groups excluding carboxylic acids is 1. The van der Waals surface area contributed by atoms with Gasteiger partial charge in [0.15, 0.2) is 0 Å². The normalized spacial score (nSPS) is 21.0. The third-order valence-corrected chi connectivity index (χ3v) is 4.46. The maximum Gasteiger partial charge on any atom is 0.317 e. The number of carboxylic acid groups (broad SMARTS) is 1. The van der Waals surface area contributed by atoms with Gasteiger partial charge in [-0.25, -0.2) is 4.79 Å². The van der Waals surface area contributed by atoms with E-state index in [1.165, 1.54) is 6.42 Å². The monoisotopic (exact) mass is 298 g/mol. The van der Waals surface area contributed by atoms with Crippen molar-refractivity contribution in [1.29, 1.82) is 0 Å². The fourth-order valence-electron chi connectivity index (χ4n) is 2.84. The highest BCUT2D eigenvalue weighted by Crippen LogP contribution is 2.24. The van der Waals surface area contributed by atoms with E-state index in [4.69, 9.17) is 5.11 Å². The third-order valence-electron chi connectivity index (χ3n) is 4.46. The first kappa shape index (κ1) is 17.8. The van der Waals surface area contributed by atoms with Crippen LogP contribution in [0.1, 0.15) is 52.9 Å². The zero-order valence-electron chi connectivity index (χ0n) is 13.6. The lowest BCUT2D eigenvalue weighted by molar-refractivity contribution is -0.137. The fourth-order valence-corrected chi connectivity index (χ4v) is 2.84. The van der Waals surface area contributed by atoms with Crippen LogP contribution >= 0.6 is 0 Å². The second-order valence-corrected chi connectivity index (χ2v) is 6.65. The van der Waals surface area contributed by atoms with Gasteiger partial charge in [-0.1, -0.05) is 20.8 Å². The molecule has 0 aromatic rings. The predicted molar refractivity (Wildman–Crippen MR) is 83.2 cm³/mol. The van der Waals surface area contributed by atoms with Crippen LogP contribution in [-0.4, -0.2) is 41.6 Å². The van der Waals surface area contributed by atoms with Crippen LogP contribution in [0.25, 0.3) is 0 Å². The lowest BCUT2D eigenvalue weighted by Gasteiger charge is -2.23. The summed E-state index contributed by atoms with van der Waals surface area (Å²) in [6.45, 7) is 8.70. The number of likely N-dealkylation sites (tertiary alicyclic amines) is 1. The molecule has 0 bridgehead atoms. The summed E-state index contributed by atoms with van der Waals surface area (Å²) < 4.78 is 0. The molecule has 1 fully saturated rings. The number of hydrogen-bond acceptors (Lipinski definition) is 2. The second kappa shape index (κ2) is 8.90. The minimum Gasteiger partial charge on any atom is -0.481 e. The second-order valence-electron chi connectivity index (χ2n) is 6.65. The molecule has 0 aromatic heterocycles. The smallest absolute Gasteiger partial charge is 0.317 e. The Balaban J connectivity index is 2.30. The average molecular weight is 298 g/mol. The van der Waals surface area contributed by atoms with E-state index >= 15 is 0 Å². The Labute approximate surface area is 128 Å². The van der Waals surface area contributed by atoms with Gasteiger partial charge in [-0.15, -0.1) is 0 Å². The van der Waals surface area contributed by atoms with Crippen molar-refractivity contribution in [2.45, 2.75) is 52.9 Å². The van der Waals surface area contributed by atoms with E-state index in [1.54, 1.807) is 0 Å². The number of rotatable bonds is 6. The molecule has 0 aromatic carbocycles. The topological polar surface area (TPSA) is 69.6 Å². The van der Waals surface area contributed by atoms with Gasteiger partial charge in [-0.2, -0.15) is 0 Å². The Kier molecular flexibility index (Phi) is 7.54. The first-order valence-electron chi connectivity index (χ1n) is 8.14. The molecule has 0 radical (unpaired) electrons. The van der Waals surface area contributed by atoms with Crippen LogP contribution in [-0.2, 0) is 4.79 Å². The summed E-state index contributed by atoms with van der Waals surface area (Å²) in [4.78, 5) is 24.6. The molecule has 5 heteroatoms. The van der Waals surface area contributed by atoms with Gasteiger partial charge in [0.05, 0.1) is 0 Å². The Hall–Kier alpha value is -1.26. The van der Waals surface area contributed by atoms with Gasteiger partial charge in [0.2, 0.25) is 0 Å². The van der Waals surface area contributed by atoms with E-state index in [0.29, 0.717) is 18.9 Å². The van der Waals surface area contributed by atoms with E-state index in [-0.39, 0.29) is 18.4 Å². The van der Waals surface area contributed by atoms with E-state index < -0.39 is 5.97 Å². The summed E-state index contributed by atoms with van der Waals surface area (Å²) in [6, 6.07) is 0.00146. The van der Waals surface area contributed by atoms with Gasteiger partial charge < -0.3 is 15.3 Å². The SMILES string of the molecule is CC(CCC(=O)O)CNC(=O)N1CCCC(C(C)C)CC1. The molecule has 122 valence electrons. The van der Waals surface area contributed by atoms with E-state index in [0.717, 1.165) is 31.8 Å². The Morgan fingerprint density at radius 2 is 1.95 bits per heavy atom. The molecule has 1 heterocycles. The van der Waals surface area contributed by atoms with Crippen LogP contribution in [0.2, 0.25) is 0 Å². The van der Waals surface area contributed by atoms with Gasteiger partial charge in [0.25, 0.3) is 0 Å². The van der Waals surface area contributed by atoms with Gasteiger partial charge in [0.1, 0.15) is 0 Å². The van der Waals surface area contributed by atoms with Gasteiger partial charge in [0, 0.05) is 26.1 Å². The molecular weight excluding hydrogens is 268 g/mol. The highest BCUT2D eigenvalue weighted by molar-refractivity contribution is 5.74. The van der Waals surface area contributed by atoms with E-state index in [2.05, 4.69) is 19.2 Å². The molecule has 2 unspecified atom stereocenters. The molecule has 2 atom stereocenters. The summed E-state index contributed by atoms with van der Waals surface area (Å²) in [5, 5.41) is 11.6. The van der Waals surface area contributed by atoms with Crippen molar-refractivity contribution in [3.8, 4) is 0 Å². The molecule has 21 heavy (non-hydrogen) atoms. The molecule has 0 spiro atoms. The van der Waals surface area contributed by atoms with Crippen molar-refractivity contribution in [2.75, 3.05) is 19.6 Å². The molecule has 1 aliphatic heterocycles. The number of hydrogen-bond donors (Lipinski definition) is 2. The van der Waals surface area contributed by atoms with Crippen LogP contribution in [0.5, 0.6) is 0 Å². The zero-order chi connectivity index (χ0) is 15.8. The van der Waals surface area contributed by atoms with Crippen molar-refractivity contribution < 1.29 is 14.7 Å². The number of amides is 2. The first-order chi connectivity index (χ1) is 9.90. The fraction of sp³-hybridized carbons (Fsp3) is 0.875. The molecule has 1 saturated heterocycles. The predicted octanol–water partition coefficient (Wildman–Crippen LogP) is 2.96. The molecule has 2 amide bonds. The highest BCUT2D eigenvalue weighted by Gasteiger charge is 2.22. The summed E-state index contributed by atoms with van der Waals surface area (Å²) in [6.07, 6.45) is 4.13. The van der Waals surface area contributed by atoms with Crippen molar-refractivity contribution in [1.82, 2.24) is 10.2 Å². The minimum absolute atomic E-state index is 0.00146. The zero-order valence-corrected chi connectivity index (χ0v) is 13.6. The summed E-state index contributed by atoms with van der Waals surface area (Å²) in [5.74, 6) is 0.821. The summed E-state index contributed by atoms with van der Waals surface area (Å²) in [7, 11) is 0. The maximum absolute atomic E-state index is 12.2. The Morgan fingerprint density at radius 1 is 1.24 bits per heavy atom. The van der Waals surface area contributed by atoms with E-state index in [1.807, 2.05) is 11.8 Å². The van der Waals surface area contributed by atoms with Gasteiger partial charge in [-0.3, -0.25) is 4.79 Å². The number of nitrogens with zero attached hydrogens (tertiary/aromatic N) is 1. The van der Waals surface area contributed by atoms with E-state index in [9.17, 15) is 9.59 Å². The lowest BCUT2D eigenvalue weighted by Crippen LogP contribution is -2.42. The maximum atomic E-state index is 12.2. The van der Waals surface area contributed by atoms with Gasteiger partial charge >= 0.3 is 12.0 Å². The number of carboxylic acids is 1. The number of carbonyl (C=O) groups is 2. The van der Waals surface area contributed by atoms with Crippen molar-refractivity contribution >= 4 is 12.0 Å². The Bertz CT molecular complexity index is 344. The molecule has 1 aliphatic rings. The molecular formula is C16H30N2O3. The van der Waals surface area contributed by atoms with Crippen LogP contribution in [0.15, 0.2) is 0 Å². The largest absolute Gasteiger partial charge is 0.481 e. The number of nitrogens with one attached hydrogen (secondary N) is 1. The molecule has 0 aliphatic carbocycles. The standard InChI is InChI=1S/C16H30N2O3/c1-12(2)14-5-4-9-18(10-8-14)16(21)17-11-13(3)6-7-15(19)20/h12-14H,4-11H2,1-3H3,(H,17,21)(H,19,20). The molecule has 0 saturated carbocycles. The molecule has 5 nitrogen and oxygen atoms in total. The van der Waals surface area contributed by atoms with Crippen LogP contribution in [0, 0.1) is 17.8 Å². The average Bonchev–Trinajstić information content (AvgIpc) is 2.68. The Morgan fingerprint density at radius 3 is 2.57 bits per heavy atom. The van der Waals surface area contributed by atoms with Crippen LogP contribution in [0.4, 0.5) is 4.79 Å². The van der Waals surface area contributed by atoms with Crippen LogP contribution in [0.3, 0.4) is 0 Å². The number of urea groups is 1. The quantitative estimate of drug-likeness (QED) is 0.792. The van der Waals surface area contributed by atoms with Crippen LogP contribution < -0.4 is 5.32 Å². The minimum atomic E-state index is -0.777. The summed E-state index contributed by atoms with van der Waals surface area (Å²) >= 11 is 0. The highest BCUT2D eigenvalue weighted by atomic mass is 16.4. The van der Waals surface area contributed by atoms with Crippen molar-refractivity contribution in [3.63, 3.8) is 0 Å². The van der Waals surface area contributed by atoms with Gasteiger partial charge in [-0.05, 0) is 43.4 Å². The summed E-state index contributed by atoms with van der Waals surface area (Å²) in [5.41, 5.74) is 0. The van der Waals surface area contributed by atoms with Crippen molar-refractivity contribution in [2.24, 2.45) is 17.8 Å².